The Hall–Kier alpha value is -2.18. The van der Waals surface area contributed by atoms with Crippen LogP contribution in [-0.2, 0) is 27.2 Å². The van der Waals surface area contributed by atoms with E-state index in [1.165, 1.54) is 12.1 Å². The highest BCUT2D eigenvalue weighted by atomic mass is 32.2. The summed E-state index contributed by atoms with van der Waals surface area (Å²) in [5.74, 6) is 0. The van der Waals surface area contributed by atoms with E-state index in [1.807, 2.05) is 4.72 Å². The van der Waals surface area contributed by atoms with Gasteiger partial charge in [-0.1, -0.05) is 12.1 Å². The van der Waals surface area contributed by atoms with Crippen LogP contribution >= 0.6 is 0 Å². The van der Waals surface area contributed by atoms with Crippen LogP contribution < -0.4 is 14.8 Å². The zero-order valence-electron chi connectivity index (χ0n) is 18.2. The lowest BCUT2D eigenvalue weighted by molar-refractivity contribution is -0.137. The van der Waals surface area contributed by atoms with E-state index in [0.29, 0.717) is 0 Å². The van der Waals surface area contributed by atoms with Crippen LogP contribution in [0.2, 0.25) is 0 Å². The quantitative estimate of drug-likeness (QED) is 0.546. The normalized spacial score (nSPS) is 14.4. The summed E-state index contributed by atoms with van der Waals surface area (Å²) in [6, 6.07) is 3.29. The lowest BCUT2D eigenvalue weighted by Gasteiger charge is -2.25. The maximum Gasteiger partial charge on any atom is 0.451 e. The molecule has 8 nitrogen and oxygen atoms in total. The third kappa shape index (κ3) is 11.1. The molecule has 0 bridgehead atoms. The van der Waals surface area contributed by atoms with Gasteiger partial charge in [0.2, 0.25) is 0 Å². The predicted molar refractivity (Wildman–Crippen MR) is 109 cm³/mol. The summed E-state index contributed by atoms with van der Waals surface area (Å²) in [5.41, 5.74) is -2.46. The van der Waals surface area contributed by atoms with Crippen molar-refractivity contribution in [2.45, 2.75) is 65.0 Å². The summed E-state index contributed by atoms with van der Waals surface area (Å²) >= 11 is -2.12. The lowest BCUT2D eigenvalue weighted by atomic mass is 10.0. The molecule has 3 N–H and O–H groups in total. The number of carbonyl (C=O) groups excluding carboxylic acids is 2. The van der Waals surface area contributed by atoms with Crippen LogP contribution in [0, 0.1) is 0 Å². The van der Waals surface area contributed by atoms with Crippen molar-refractivity contribution in [2.24, 2.45) is 0 Å². The first-order chi connectivity index (χ1) is 14.0. The number of ether oxygens (including phenoxy) is 2. The summed E-state index contributed by atoms with van der Waals surface area (Å²) in [6.07, 6.45) is -6.40. The third-order valence-corrected chi connectivity index (χ3v) is 4.08. The molecule has 0 heterocycles. The van der Waals surface area contributed by atoms with Crippen LogP contribution in [0.5, 0.6) is 0 Å². The van der Waals surface area contributed by atoms with Gasteiger partial charge in [-0.3, -0.25) is 0 Å². The second-order valence-electron chi connectivity index (χ2n) is 8.54. The third-order valence-electron chi connectivity index (χ3n) is 3.30. The standard InChI is InChI=1S/C19H28F3N3O5S/c1-17(2,3)29-15(26)24-14(12-8-7-9-13(10-12)19(20,21)22)11-23-31(28)25-16(27)30-18(4,5)6/h7-10,14,23H,11H2,1-6H3,(H,24,26)(H,25,27). The Morgan fingerprint density at radius 2 is 1.58 bits per heavy atom. The molecule has 1 rings (SSSR count). The zero-order chi connectivity index (χ0) is 24.0. The van der Waals surface area contributed by atoms with Gasteiger partial charge in [0.1, 0.15) is 11.2 Å². The number of rotatable bonds is 6. The topological polar surface area (TPSA) is 112 Å². The fraction of sp³-hybridized carbons (Fsp3) is 0.579. The lowest BCUT2D eigenvalue weighted by Crippen LogP contribution is -2.46. The number of benzene rings is 1. The van der Waals surface area contributed by atoms with Crippen molar-refractivity contribution in [3.05, 3.63) is 35.4 Å². The second-order valence-corrected chi connectivity index (χ2v) is 9.57. The van der Waals surface area contributed by atoms with Crippen molar-refractivity contribution in [2.75, 3.05) is 6.54 Å². The molecule has 0 saturated heterocycles. The SMILES string of the molecule is CC(C)(C)OC(=O)NC(CN[S+]([O-])NC(=O)OC(C)(C)C)c1cccc(C(F)(F)F)c1. The van der Waals surface area contributed by atoms with Gasteiger partial charge in [-0.15, -0.1) is 9.44 Å². The monoisotopic (exact) mass is 467 g/mol. The van der Waals surface area contributed by atoms with Crippen LogP contribution in [0.3, 0.4) is 0 Å². The minimum atomic E-state index is -4.58. The highest BCUT2D eigenvalue weighted by Gasteiger charge is 2.32. The molecule has 1 aromatic carbocycles. The predicted octanol–water partition coefficient (Wildman–Crippen LogP) is 3.96. The van der Waals surface area contributed by atoms with Gasteiger partial charge < -0.3 is 19.3 Å². The summed E-state index contributed by atoms with van der Waals surface area (Å²) < 4.78 is 65.9. The summed E-state index contributed by atoms with van der Waals surface area (Å²) in [4.78, 5) is 23.8. The van der Waals surface area contributed by atoms with Crippen molar-refractivity contribution in [1.29, 1.82) is 0 Å². The molecule has 31 heavy (non-hydrogen) atoms. The highest BCUT2D eigenvalue weighted by molar-refractivity contribution is 7.88. The Labute approximate surface area is 182 Å². The molecule has 0 saturated carbocycles. The van der Waals surface area contributed by atoms with Crippen molar-refractivity contribution in [3.8, 4) is 0 Å². The number of alkyl carbamates (subject to hydrolysis) is 1. The maximum absolute atomic E-state index is 13.1. The van der Waals surface area contributed by atoms with Crippen LogP contribution in [0.15, 0.2) is 24.3 Å². The number of carbonyl (C=O) groups is 2. The maximum atomic E-state index is 13.1. The van der Waals surface area contributed by atoms with Crippen LogP contribution in [0.25, 0.3) is 0 Å². The van der Waals surface area contributed by atoms with Crippen molar-refractivity contribution >= 4 is 23.7 Å². The van der Waals surface area contributed by atoms with E-state index >= 15 is 0 Å². The summed E-state index contributed by atoms with van der Waals surface area (Å²) in [6.45, 7) is 9.48. The molecule has 0 spiro atoms. The molecule has 1 aromatic rings. The van der Waals surface area contributed by atoms with E-state index in [0.717, 1.165) is 12.1 Å². The molecule has 2 unspecified atom stereocenters. The molecular formula is C19H28F3N3O5S. The molecule has 0 radical (unpaired) electrons. The van der Waals surface area contributed by atoms with Gasteiger partial charge in [-0.05, 0) is 59.2 Å². The number of nitrogens with one attached hydrogen (secondary N) is 3. The minimum absolute atomic E-state index is 0.0995. The van der Waals surface area contributed by atoms with E-state index in [4.69, 9.17) is 9.47 Å². The first-order valence-electron chi connectivity index (χ1n) is 9.28. The molecule has 2 amide bonds. The average molecular weight is 468 g/mol. The van der Waals surface area contributed by atoms with E-state index in [9.17, 15) is 27.3 Å². The molecule has 0 aromatic heterocycles. The van der Waals surface area contributed by atoms with E-state index in [2.05, 4.69) is 10.0 Å². The fourth-order valence-electron chi connectivity index (χ4n) is 2.20. The van der Waals surface area contributed by atoms with Crippen LogP contribution in [-0.4, -0.2) is 34.5 Å². The van der Waals surface area contributed by atoms with Gasteiger partial charge in [0.05, 0.1) is 18.2 Å². The van der Waals surface area contributed by atoms with Crippen LogP contribution in [0.4, 0.5) is 22.8 Å². The molecule has 12 heteroatoms. The Morgan fingerprint density at radius 3 is 2.10 bits per heavy atom. The smallest absolute Gasteiger partial charge is 0.451 e. The molecule has 176 valence electrons. The van der Waals surface area contributed by atoms with Gasteiger partial charge >= 0.3 is 18.4 Å². The van der Waals surface area contributed by atoms with E-state index < -0.39 is 52.7 Å². The molecule has 2 atom stereocenters. The van der Waals surface area contributed by atoms with Gasteiger partial charge in [-0.25, -0.2) is 9.59 Å². The number of alkyl halides is 3. The molecule has 0 fully saturated rings. The first-order valence-corrected chi connectivity index (χ1v) is 10.4. The molecular weight excluding hydrogens is 439 g/mol. The highest BCUT2D eigenvalue weighted by Crippen LogP contribution is 2.30. The Kier molecular flexibility index (Phi) is 9.03. The van der Waals surface area contributed by atoms with Crippen LogP contribution in [0.1, 0.15) is 58.7 Å². The van der Waals surface area contributed by atoms with Crippen molar-refractivity contribution < 1.29 is 36.8 Å². The van der Waals surface area contributed by atoms with Gasteiger partial charge in [0.15, 0.2) is 11.5 Å². The van der Waals surface area contributed by atoms with E-state index in [1.54, 1.807) is 41.5 Å². The second kappa shape index (κ2) is 10.4. The molecule has 0 aliphatic rings. The van der Waals surface area contributed by atoms with E-state index in [-0.39, 0.29) is 12.1 Å². The minimum Gasteiger partial charge on any atom is -0.573 e. The zero-order valence-corrected chi connectivity index (χ0v) is 19.0. The average Bonchev–Trinajstić information content (AvgIpc) is 2.54. The van der Waals surface area contributed by atoms with Gasteiger partial charge in [-0.2, -0.15) is 13.2 Å². The Morgan fingerprint density at radius 1 is 1.03 bits per heavy atom. The summed E-state index contributed by atoms with van der Waals surface area (Å²) in [7, 11) is 0. The van der Waals surface area contributed by atoms with Gasteiger partial charge in [0, 0.05) is 0 Å². The Balaban J connectivity index is 2.94. The molecule has 0 aliphatic carbocycles. The largest absolute Gasteiger partial charge is 0.573 e. The Bertz CT molecular complexity index is 763. The number of hydrogen-bond donors (Lipinski definition) is 3. The number of hydrogen-bond acceptors (Lipinski definition) is 6. The van der Waals surface area contributed by atoms with Gasteiger partial charge in [0.25, 0.3) is 0 Å². The number of amides is 2. The summed E-state index contributed by atoms with van der Waals surface area (Å²) in [5, 5.41) is 2.45. The number of halogens is 3. The van der Waals surface area contributed by atoms with Crippen molar-refractivity contribution in [3.63, 3.8) is 0 Å². The van der Waals surface area contributed by atoms with Crippen molar-refractivity contribution in [1.82, 2.24) is 14.8 Å². The molecule has 0 aliphatic heterocycles. The first kappa shape index (κ1) is 26.9. The fourth-order valence-corrected chi connectivity index (χ4v) is 2.79.